The van der Waals surface area contributed by atoms with Gasteiger partial charge < -0.3 is 20.5 Å². The van der Waals surface area contributed by atoms with Crippen LogP contribution in [0.3, 0.4) is 0 Å². The first-order valence-corrected chi connectivity index (χ1v) is 7.18. The van der Waals surface area contributed by atoms with Crippen LogP contribution in [0.25, 0.3) is 0 Å². The number of hydrogen-bond donors (Lipinski definition) is 2. The molecule has 1 aliphatic rings. The zero-order valence-corrected chi connectivity index (χ0v) is 12.1. The van der Waals surface area contributed by atoms with Gasteiger partial charge in [0.1, 0.15) is 17.6 Å². The van der Waals surface area contributed by atoms with E-state index in [1.807, 2.05) is 6.92 Å². The Kier molecular flexibility index (Phi) is 3.71. The van der Waals surface area contributed by atoms with Crippen molar-refractivity contribution in [3.05, 3.63) is 54.1 Å². The molecule has 2 aromatic rings. The van der Waals surface area contributed by atoms with Gasteiger partial charge in [0, 0.05) is 11.7 Å². The minimum atomic E-state index is 0.0704. The molecule has 0 radical (unpaired) electrons. The van der Waals surface area contributed by atoms with Crippen molar-refractivity contribution in [1.82, 2.24) is 0 Å². The standard InChI is InChI=1S/C17H20N2O2/c1-12(18)13-2-4-14(5-3-13)19-10-17(11-19)21-16-8-6-15(20)7-9-16/h2-9,12,17,20H,10-11,18H2,1H3/t12-/m0/s1. The van der Waals surface area contributed by atoms with E-state index in [-0.39, 0.29) is 17.9 Å². The molecule has 3 N–H and O–H groups in total. The van der Waals surface area contributed by atoms with Crippen LogP contribution in [0.15, 0.2) is 48.5 Å². The molecule has 2 aromatic carbocycles. The van der Waals surface area contributed by atoms with Crippen LogP contribution >= 0.6 is 0 Å². The van der Waals surface area contributed by atoms with Crippen molar-refractivity contribution in [2.24, 2.45) is 5.73 Å². The second-order valence-electron chi connectivity index (χ2n) is 5.52. The van der Waals surface area contributed by atoms with E-state index < -0.39 is 0 Å². The average molecular weight is 284 g/mol. The molecule has 1 fully saturated rings. The third-order valence-electron chi connectivity index (χ3n) is 3.77. The van der Waals surface area contributed by atoms with E-state index in [1.54, 1.807) is 24.3 Å². The largest absolute Gasteiger partial charge is 0.508 e. The number of ether oxygens (including phenoxy) is 1. The smallest absolute Gasteiger partial charge is 0.133 e. The van der Waals surface area contributed by atoms with Crippen molar-refractivity contribution in [2.75, 3.05) is 18.0 Å². The van der Waals surface area contributed by atoms with Gasteiger partial charge in [-0.3, -0.25) is 0 Å². The number of nitrogens with zero attached hydrogens (tertiary/aromatic N) is 1. The second kappa shape index (κ2) is 5.66. The zero-order valence-electron chi connectivity index (χ0n) is 12.1. The number of phenols is 1. The van der Waals surface area contributed by atoms with E-state index in [0.717, 1.165) is 24.4 Å². The topological polar surface area (TPSA) is 58.7 Å². The van der Waals surface area contributed by atoms with Crippen LogP contribution in [0.5, 0.6) is 11.5 Å². The Bertz CT molecular complexity index is 587. The molecule has 0 saturated carbocycles. The number of hydrogen-bond acceptors (Lipinski definition) is 4. The molecule has 110 valence electrons. The van der Waals surface area contributed by atoms with Crippen molar-refractivity contribution < 1.29 is 9.84 Å². The molecule has 0 spiro atoms. The summed E-state index contributed by atoms with van der Waals surface area (Å²) in [5.41, 5.74) is 8.20. The molecule has 4 heteroatoms. The first-order chi connectivity index (χ1) is 10.1. The van der Waals surface area contributed by atoms with E-state index >= 15 is 0 Å². The van der Waals surface area contributed by atoms with Crippen molar-refractivity contribution in [3.63, 3.8) is 0 Å². The molecule has 0 unspecified atom stereocenters. The molecule has 1 atom stereocenters. The van der Waals surface area contributed by atoms with Gasteiger partial charge in [0.15, 0.2) is 0 Å². The van der Waals surface area contributed by atoms with Crippen molar-refractivity contribution in [1.29, 1.82) is 0 Å². The summed E-state index contributed by atoms with van der Waals surface area (Å²) in [6.07, 6.45) is 0.197. The highest BCUT2D eigenvalue weighted by molar-refractivity contribution is 5.50. The van der Waals surface area contributed by atoms with Crippen LogP contribution in [-0.4, -0.2) is 24.3 Å². The fourth-order valence-corrected chi connectivity index (χ4v) is 2.43. The van der Waals surface area contributed by atoms with Crippen LogP contribution in [0.4, 0.5) is 5.69 Å². The predicted octanol–water partition coefficient (Wildman–Crippen LogP) is 2.68. The molecule has 1 saturated heterocycles. The Morgan fingerprint density at radius 3 is 2.29 bits per heavy atom. The summed E-state index contributed by atoms with van der Waals surface area (Å²) in [5, 5.41) is 9.24. The summed E-state index contributed by atoms with van der Waals surface area (Å²) < 4.78 is 5.85. The molecule has 0 aliphatic carbocycles. The molecule has 3 rings (SSSR count). The fourth-order valence-electron chi connectivity index (χ4n) is 2.43. The minimum Gasteiger partial charge on any atom is -0.508 e. The Morgan fingerprint density at radius 1 is 1.10 bits per heavy atom. The maximum absolute atomic E-state index is 9.24. The van der Waals surface area contributed by atoms with Gasteiger partial charge in [-0.05, 0) is 48.9 Å². The Labute approximate surface area is 124 Å². The SMILES string of the molecule is C[C@H](N)c1ccc(N2CC(Oc3ccc(O)cc3)C2)cc1. The van der Waals surface area contributed by atoms with Gasteiger partial charge in [-0.25, -0.2) is 0 Å². The maximum atomic E-state index is 9.24. The molecule has 0 bridgehead atoms. The summed E-state index contributed by atoms with van der Waals surface area (Å²) in [5.74, 6) is 1.05. The van der Waals surface area contributed by atoms with Crippen molar-refractivity contribution in [3.8, 4) is 11.5 Å². The van der Waals surface area contributed by atoms with Gasteiger partial charge in [-0.2, -0.15) is 0 Å². The molecule has 1 heterocycles. The van der Waals surface area contributed by atoms with E-state index in [0.29, 0.717) is 0 Å². The lowest BCUT2D eigenvalue weighted by molar-refractivity contribution is 0.167. The van der Waals surface area contributed by atoms with Gasteiger partial charge in [0.25, 0.3) is 0 Å². The number of benzene rings is 2. The van der Waals surface area contributed by atoms with E-state index in [9.17, 15) is 5.11 Å². The van der Waals surface area contributed by atoms with Crippen LogP contribution < -0.4 is 15.4 Å². The van der Waals surface area contributed by atoms with Crippen LogP contribution in [0.2, 0.25) is 0 Å². The normalized spacial score (nSPS) is 16.4. The first-order valence-electron chi connectivity index (χ1n) is 7.18. The Morgan fingerprint density at radius 2 is 1.71 bits per heavy atom. The predicted molar refractivity (Wildman–Crippen MR) is 83.8 cm³/mol. The number of phenolic OH excluding ortho intramolecular Hbond substituents is 1. The molecular formula is C17H20N2O2. The fraction of sp³-hybridized carbons (Fsp3) is 0.294. The van der Waals surface area contributed by atoms with Gasteiger partial charge >= 0.3 is 0 Å². The second-order valence-corrected chi connectivity index (χ2v) is 5.52. The Hall–Kier alpha value is -2.20. The summed E-state index contributed by atoms with van der Waals surface area (Å²) >= 11 is 0. The maximum Gasteiger partial charge on any atom is 0.133 e. The van der Waals surface area contributed by atoms with Crippen molar-refractivity contribution >= 4 is 5.69 Å². The summed E-state index contributed by atoms with van der Waals surface area (Å²) in [4.78, 5) is 2.27. The van der Waals surface area contributed by atoms with Gasteiger partial charge in [-0.15, -0.1) is 0 Å². The van der Waals surface area contributed by atoms with Gasteiger partial charge in [0.2, 0.25) is 0 Å². The summed E-state index contributed by atoms with van der Waals surface area (Å²) in [6, 6.07) is 15.3. The Balaban J connectivity index is 1.54. The van der Waals surface area contributed by atoms with E-state index in [2.05, 4.69) is 29.2 Å². The van der Waals surface area contributed by atoms with E-state index in [1.165, 1.54) is 5.69 Å². The molecule has 0 amide bonds. The van der Waals surface area contributed by atoms with Crippen LogP contribution in [0, 0.1) is 0 Å². The molecule has 1 aliphatic heterocycles. The lowest BCUT2D eigenvalue weighted by Gasteiger charge is -2.40. The quantitative estimate of drug-likeness (QED) is 0.906. The zero-order chi connectivity index (χ0) is 14.8. The number of nitrogens with two attached hydrogens (primary N) is 1. The lowest BCUT2D eigenvalue weighted by Crippen LogP contribution is -2.54. The molecule has 4 nitrogen and oxygen atoms in total. The molecule has 21 heavy (non-hydrogen) atoms. The highest BCUT2D eigenvalue weighted by Crippen LogP contribution is 2.26. The highest BCUT2D eigenvalue weighted by Gasteiger charge is 2.28. The number of rotatable bonds is 4. The van der Waals surface area contributed by atoms with Crippen LogP contribution in [-0.2, 0) is 0 Å². The highest BCUT2D eigenvalue weighted by atomic mass is 16.5. The average Bonchev–Trinajstić information content (AvgIpc) is 2.44. The third kappa shape index (κ3) is 3.11. The van der Waals surface area contributed by atoms with Gasteiger partial charge in [-0.1, -0.05) is 12.1 Å². The van der Waals surface area contributed by atoms with Crippen LogP contribution in [0.1, 0.15) is 18.5 Å². The van der Waals surface area contributed by atoms with Crippen molar-refractivity contribution in [2.45, 2.75) is 19.1 Å². The number of anilines is 1. The third-order valence-corrected chi connectivity index (χ3v) is 3.77. The summed E-state index contributed by atoms with van der Waals surface area (Å²) in [6.45, 7) is 3.73. The summed E-state index contributed by atoms with van der Waals surface area (Å²) in [7, 11) is 0. The number of aromatic hydroxyl groups is 1. The molecule has 0 aromatic heterocycles. The molecular weight excluding hydrogens is 264 g/mol. The lowest BCUT2D eigenvalue weighted by atomic mass is 10.1. The van der Waals surface area contributed by atoms with E-state index in [4.69, 9.17) is 10.5 Å². The van der Waals surface area contributed by atoms with Gasteiger partial charge in [0.05, 0.1) is 13.1 Å². The minimum absolute atomic E-state index is 0.0704. The first kappa shape index (κ1) is 13.8. The monoisotopic (exact) mass is 284 g/mol.